The molecule has 3 nitrogen and oxygen atoms in total. The zero-order valence-electron chi connectivity index (χ0n) is 13.9. The molecule has 0 aliphatic carbocycles. The lowest BCUT2D eigenvalue weighted by Crippen LogP contribution is -2.03. The second-order valence-corrected chi connectivity index (χ2v) is 5.92. The Hall–Kier alpha value is -3.41. The van der Waals surface area contributed by atoms with E-state index in [1.165, 1.54) is 12.1 Å². The van der Waals surface area contributed by atoms with E-state index in [2.05, 4.69) is 9.97 Å². The molecule has 0 unspecified atom stereocenters. The van der Waals surface area contributed by atoms with Crippen molar-refractivity contribution in [3.05, 3.63) is 84.7 Å². The van der Waals surface area contributed by atoms with E-state index in [4.69, 9.17) is 4.74 Å². The summed E-state index contributed by atoms with van der Waals surface area (Å²) in [5.74, 6) is 0.871. The third-order valence-electron chi connectivity index (χ3n) is 4.07. The summed E-state index contributed by atoms with van der Waals surface area (Å²) in [5, 5.41) is 0.939. The molecule has 0 amide bonds. The lowest BCUT2D eigenvalue weighted by Gasteiger charge is -2.09. The van der Waals surface area contributed by atoms with Crippen molar-refractivity contribution in [3.63, 3.8) is 0 Å². The van der Waals surface area contributed by atoms with Crippen molar-refractivity contribution >= 4 is 10.9 Å². The molecule has 0 radical (unpaired) electrons. The Morgan fingerprint density at radius 3 is 2.33 bits per heavy atom. The molecule has 0 spiro atoms. The van der Waals surface area contributed by atoms with Gasteiger partial charge < -0.3 is 4.74 Å². The summed E-state index contributed by atoms with van der Waals surface area (Å²) >= 11 is 0. The summed E-state index contributed by atoms with van der Waals surface area (Å²) in [6, 6.07) is 17.9. The first-order valence-corrected chi connectivity index (χ1v) is 8.15. The average molecular weight is 366 g/mol. The molecule has 2 aromatic carbocycles. The molecule has 2 heterocycles. The van der Waals surface area contributed by atoms with Crippen LogP contribution in [-0.4, -0.2) is 9.97 Å². The van der Waals surface area contributed by atoms with Crippen LogP contribution in [0.15, 0.2) is 79.1 Å². The van der Waals surface area contributed by atoms with Crippen LogP contribution in [0.25, 0.3) is 22.0 Å². The first kappa shape index (κ1) is 17.0. The van der Waals surface area contributed by atoms with Crippen LogP contribution in [0.2, 0.25) is 0 Å². The van der Waals surface area contributed by atoms with E-state index in [-0.39, 0.29) is 0 Å². The SMILES string of the molecule is FC(F)(F)c1ccc(-c2ccnc(Oc3cnc4ccccc4c3)c2)cc1. The maximum Gasteiger partial charge on any atom is 0.416 e. The van der Waals surface area contributed by atoms with Gasteiger partial charge in [-0.2, -0.15) is 13.2 Å². The molecule has 0 aliphatic rings. The second kappa shape index (κ2) is 6.72. The van der Waals surface area contributed by atoms with E-state index in [1.807, 2.05) is 30.3 Å². The lowest BCUT2D eigenvalue weighted by atomic mass is 10.0. The third kappa shape index (κ3) is 3.74. The highest BCUT2D eigenvalue weighted by Crippen LogP contribution is 2.32. The van der Waals surface area contributed by atoms with Crippen LogP contribution >= 0.6 is 0 Å². The molecule has 6 heteroatoms. The van der Waals surface area contributed by atoms with Gasteiger partial charge in [0, 0.05) is 17.6 Å². The Bertz CT molecular complexity index is 1090. The van der Waals surface area contributed by atoms with Crippen LogP contribution < -0.4 is 4.74 Å². The van der Waals surface area contributed by atoms with Gasteiger partial charge in [0.25, 0.3) is 0 Å². The van der Waals surface area contributed by atoms with Gasteiger partial charge in [0.2, 0.25) is 5.88 Å². The minimum atomic E-state index is -4.35. The molecule has 4 rings (SSSR count). The number of fused-ring (bicyclic) bond motifs is 1. The molecule has 0 bridgehead atoms. The topological polar surface area (TPSA) is 35.0 Å². The summed E-state index contributed by atoms with van der Waals surface area (Å²) in [5.41, 5.74) is 1.53. The Labute approximate surface area is 153 Å². The largest absolute Gasteiger partial charge is 0.437 e. The zero-order chi connectivity index (χ0) is 18.9. The number of halogens is 3. The van der Waals surface area contributed by atoms with Crippen LogP contribution in [0.4, 0.5) is 13.2 Å². The van der Waals surface area contributed by atoms with Gasteiger partial charge >= 0.3 is 6.18 Å². The second-order valence-electron chi connectivity index (χ2n) is 5.92. The van der Waals surface area contributed by atoms with Crippen LogP contribution in [0.5, 0.6) is 11.6 Å². The summed E-state index contributed by atoms with van der Waals surface area (Å²) in [7, 11) is 0. The van der Waals surface area contributed by atoms with Gasteiger partial charge in [0.1, 0.15) is 5.75 Å². The highest BCUT2D eigenvalue weighted by Gasteiger charge is 2.29. The molecule has 2 aromatic heterocycles. The molecule has 134 valence electrons. The minimum Gasteiger partial charge on any atom is -0.437 e. The smallest absolute Gasteiger partial charge is 0.416 e. The van der Waals surface area contributed by atoms with Gasteiger partial charge in [-0.1, -0.05) is 30.3 Å². The van der Waals surface area contributed by atoms with Crippen molar-refractivity contribution < 1.29 is 17.9 Å². The van der Waals surface area contributed by atoms with Crippen LogP contribution in [-0.2, 0) is 6.18 Å². The molecular weight excluding hydrogens is 353 g/mol. The van der Waals surface area contributed by atoms with Crippen molar-refractivity contribution in [2.24, 2.45) is 0 Å². The fourth-order valence-electron chi connectivity index (χ4n) is 2.72. The van der Waals surface area contributed by atoms with E-state index in [0.29, 0.717) is 22.8 Å². The monoisotopic (exact) mass is 366 g/mol. The Morgan fingerprint density at radius 1 is 0.778 bits per heavy atom. The van der Waals surface area contributed by atoms with Crippen LogP contribution in [0, 0.1) is 0 Å². The van der Waals surface area contributed by atoms with E-state index < -0.39 is 11.7 Å². The predicted molar refractivity (Wildman–Crippen MR) is 96.5 cm³/mol. The van der Waals surface area contributed by atoms with Gasteiger partial charge in [0.15, 0.2) is 0 Å². The number of hydrogen-bond donors (Lipinski definition) is 0. The maximum atomic E-state index is 12.7. The molecule has 27 heavy (non-hydrogen) atoms. The summed E-state index contributed by atoms with van der Waals surface area (Å²) in [6.45, 7) is 0. The number of rotatable bonds is 3. The highest BCUT2D eigenvalue weighted by molar-refractivity contribution is 5.79. The summed E-state index contributed by atoms with van der Waals surface area (Å²) < 4.78 is 43.9. The molecule has 0 saturated carbocycles. The summed E-state index contributed by atoms with van der Waals surface area (Å²) in [4.78, 5) is 8.50. The minimum absolute atomic E-state index is 0.337. The number of pyridine rings is 2. The Morgan fingerprint density at radius 2 is 1.56 bits per heavy atom. The van der Waals surface area contributed by atoms with Gasteiger partial charge in [-0.05, 0) is 41.5 Å². The Kier molecular flexibility index (Phi) is 4.24. The number of para-hydroxylation sites is 1. The third-order valence-corrected chi connectivity index (χ3v) is 4.07. The zero-order valence-corrected chi connectivity index (χ0v) is 13.9. The molecule has 0 aliphatic heterocycles. The summed E-state index contributed by atoms with van der Waals surface area (Å²) in [6.07, 6.45) is -1.19. The van der Waals surface area contributed by atoms with Crippen molar-refractivity contribution in [1.82, 2.24) is 9.97 Å². The fraction of sp³-hybridized carbons (Fsp3) is 0.0476. The molecule has 0 fully saturated rings. The van der Waals surface area contributed by atoms with Crippen LogP contribution in [0.1, 0.15) is 5.56 Å². The van der Waals surface area contributed by atoms with E-state index >= 15 is 0 Å². The van der Waals surface area contributed by atoms with E-state index in [0.717, 1.165) is 23.0 Å². The highest BCUT2D eigenvalue weighted by atomic mass is 19.4. The first-order chi connectivity index (χ1) is 13.0. The van der Waals surface area contributed by atoms with Gasteiger partial charge in [0.05, 0.1) is 17.3 Å². The number of aromatic nitrogens is 2. The van der Waals surface area contributed by atoms with Gasteiger partial charge in [-0.15, -0.1) is 0 Å². The molecule has 0 N–H and O–H groups in total. The predicted octanol–water partition coefficient (Wildman–Crippen LogP) is 6.11. The molecule has 0 atom stereocenters. The number of ether oxygens (including phenoxy) is 1. The van der Waals surface area contributed by atoms with Gasteiger partial charge in [-0.25, -0.2) is 4.98 Å². The maximum absolute atomic E-state index is 12.7. The number of alkyl halides is 3. The molecule has 0 saturated heterocycles. The van der Waals surface area contributed by atoms with Crippen molar-refractivity contribution in [3.8, 4) is 22.8 Å². The molecular formula is C21H13F3N2O. The Balaban J connectivity index is 1.60. The number of benzene rings is 2. The van der Waals surface area contributed by atoms with Gasteiger partial charge in [-0.3, -0.25) is 4.98 Å². The normalized spacial score (nSPS) is 11.5. The van der Waals surface area contributed by atoms with Crippen molar-refractivity contribution in [2.45, 2.75) is 6.18 Å². The van der Waals surface area contributed by atoms with Crippen molar-refractivity contribution in [2.75, 3.05) is 0 Å². The standard InChI is InChI=1S/C21H13F3N2O/c22-21(23,24)17-7-5-14(6-8-17)15-9-10-25-20(12-15)27-18-11-16-3-1-2-4-19(16)26-13-18/h1-13H. The van der Waals surface area contributed by atoms with Crippen molar-refractivity contribution in [1.29, 1.82) is 0 Å². The van der Waals surface area contributed by atoms with E-state index in [1.54, 1.807) is 24.5 Å². The first-order valence-electron chi connectivity index (χ1n) is 8.15. The lowest BCUT2D eigenvalue weighted by molar-refractivity contribution is -0.137. The molecule has 4 aromatic rings. The average Bonchev–Trinajstić information content (AvgIpc) is 2.68. The fourth-order valence-corrected chi connectivity index (χ4v) is 2.72. The number of hydrogen-bond acceptors (Lipinski definition) is 3. The van der Waals surface area contributed by atoms with Crippen LogP contribution in [0.3, 0.4) is 0 Å². The van der Waals surface area contributed by atoms with E-state index in [9.17, 15) is 13.2 Å². The quantitative estimate of drug-likeness (QED) is 0.439. The number of nitrogens with zero attached hydrogens (tertiary/aromatic N) is 2.